The highest BCUT2D eigenvalue weighted by Gasteiger charge is 2.30. The Morgan fingerprint density at radius 2 is 1.23 bits per heavy atom. The molecular weight excluding hydrogens is 280 g/mol. The molecule has 0 aromatic rings. The molecule has 6 nitrogen and oxygen atoms in total. The second kappa shape index (κ2) is 8.82. The quantitative estimate of drug-likeness (QED) is 0.777. The molecule has 22 heavy (non-hydrogen) atoms. The number of rotatable bonds is 4. The zero-order valence-corrected chi connectivity index (χ0v) is 14.1. The Balaban J connectivity index is 0.000000406. The summed E-state index contributed by atoms with van der Waals surface area (Å²) in [6.07, 6.45) is 5.60. The van der Waals surface area contributed by atoms with Gasteiger partial charge in [0.25, 0.3) is 0 Å². The van der Waals surface area contributed by atoms with Crippen molar-refractivity contribution in [2.75, 3.05) is 13.2 Å². The molecule has 0 unspecified atom stereocenters. The van der Waals surface area contributed by atoms with E-state index < -0.39 is 11.1 Å². The van der Waals surface area contributed by atoms with Crippen LogP contribution in [-0.2, 0) is 0 Å². The molecule has 1 fully saturated rings. The highest BCUT2D eigenvalue weighted by Crippen LogP contribution is 2.34. The van der Waals surface area contributed by atoms with E-state index in [1.165, 1.54) is 19.3 Å². The van der Waals surface area contributed by atoms with E-state index in [0.29, 0.717) is 0 Å². The summed E-state index contributed by atoms with van der Waals surface area (Å²) in [5.74, 6) is 0. The maximum Gasteiger partial charge on any atom is 0.162 e. The highest BCUT2D eigenvalue weighted by molar-refractivity contribution is 5.03. The molecule has 0 spiro atoms. The minimum absolute atomic E-state index is 0.127. The van der Waals surface area contributed by atoms with Crippen LogP contribution in [0.4, 0.5) is 0 Å². The Morgan fingerprint density at radius 1 is 0.864 bits per heavy atom. The average Bonchev–Trinajstić information content (AvgIpc) is 2.54. The Morgan fingerprint density at radius 3 is 1.45 bits per heavy atom. The number of nitriles is 2. The van der Waals surface area contributed by atoms with Crippen LogP contribution in [0.5, 0.6) is 0 Å². The summed E-state index contributed by atoms with van der Waals surface area (Å²) < 4.78 is 0. The molecule has 0 radical (unpaired) electrons. The summed E-state index contributed by atoms with van der Waals surface area (Å²) in [5, 5.41) is 42.6. The lowest BCUT2D eigenvalue weighted by molar-refractivity contribution is 0.0234. The smallest absolute Gasteiger partial charge is 0.162 e. The van der Waals surface area contributed by atoms with Gasteiger partial charge in [0.1, 0.15) is 0 Å². The topological polar surface area (TPSA) is 113 Å². The molecule has 0 saturated heterocycles. The lowest BCUT2D eigenvalue weighted by Gasteiger charge is -2.33. The molecule has 124 valence electrons. The Bertz CT molecular complexity index is 404. The van der Waals surface area contributed by atoms with Crippen molar-refractivity contribution >= 4 is 0 Å². The molecule has 0 atom stereocenters. The number of aliphatic hydroxyl groups excluding tert-OH is 2. The van der Waals surface area contributed by atoms with Crippen molar-refractivity contribution in [2.24, 2.45) is 15.6 Å². The first-order chi connectivity index (χ1) is 10.2. The van der Waals surface area contributed by atoms with Gasteiger partial charge >= 0.3 is 0 Å². The fraction of sp³-hybridized carbons (Fsp3) is 0.875. The largest absolute Gasteiger partial charge is 0.396 e. The standard InChI is InChI=1S/C8H12N4.C8H16O2/c1-7(2,5-9)11-12-8(3,4)6-10;9-6-8(7-10)4-2-1-3-5-8/h1-4H3;9-10H,1-7H2. The second-order valence-corrected chi connectivity index (χ2v) is 6.92. The third-order valence-corrected chi connectivity index (χ3v) is 3.68. The summed E-state index contributed by atoms with van der Waals surface area (Å²) in [5.41, 5.74) is -1.81. The third-order valence-electron chi connectivity index (χ3n) is 3.68. The summed E-state index contributed by atoms with van der Waals surface area (Å²) >= 11 is 0. The van der Waals surface area contributed by atoms with Gasteiger partial charge in [0.05, 0.1) is 25.4 Å². The molecule has 0 amide bonds. The van der Waals surface area contributed by atoms with E-state index in [9.17, 15) is 0 Å². The van der Waals surface area contributed by atoms with E-state index >= 15 is 0 Å². The third kappa shape index (κ3) is 7.49. The van der Waals surface area contributed by atoms with Crippen LogP contribution in [0.25, 0.3) is 0 Å². The number of aliphatic hydroxyl groups is 2. The van der Waals surface area contributed by atoms with E-state index in [1.807, 2.05) is 12.1 Å². The second-order valence-electron chi connectivity index (χ2n) is 6.92. The Kier molecular flexibility index (Phi) is 8.22. The van der Waals surface area contributed by atoms with Crippen LogP contribution in [0.15, 0.2) is 10.2 Å². The van der Waals surface area contributed by atoms with Gasteiger partial charge in [-0.3, -0.25) is 0 Å². The first-order valence-electron chi connectivity index (χ1n) is 7.64. The van der Waals surface area contributed by atoms with E-state index in [2.05, 4.69) is 10.2 Å². The van der Waals surface area contributed by atoms with Crippen LogP contribution in [-0.4, -0.2) is 34.5 Å². The lowest BCUT2D eigenvalue weighted by Crippen LogP contribution is -2.31. The molecule has 1 aliphatic rings. The maximum absolute atomic E-state index is 8.98. The van der Waals surface area contributed by atoms with Crippen LogP contribution in [0.3, 0.4) is 0 Å². The van der Waals surface area contributed by atoms with Gasteiger partial charge in [-0.1, -0.05) is 19.3 Å². The lowest BCUT2D eigenvalue weighted by atomic mass is 9.75. The molecular formula is C16H28N4O2. The van der Waals surface area contributed by atoms with E-state index in [0.717, 1.165) is 12.8 Å². The average molecular weight is 308 g/mol. The highest BCUT2D eigenvalue weighted by atomic mass is 16.3. The monoisotopic (exact) mass is 308 g/mol. The maximum atomic E-state index is 8.98. The number of hydrogen-bond acceptors (Lipinski definition) is 6. The molecule has 1 aliphatic carbocycles. The van der Waals surface area contributed by atoms with Crippen LogP contribution in [0.1, 0.15) is 59.8 Å². The zero-order valence-electron chi connectivity index (χ0n) is 14.1. The van der Waals surface area contributed by atoms with Crippen molar-refractivity contribution in [1.82, 2.24) is 0 Å². The van der Waals surface area contributed by atoms with Crippen molar-refractivity contribution < 1.29 is 10.2 Å². The van der Waals surface area contributed by atoms with Gasteiger partial charge in [-0.15, -0.1) is 0 Å². The van der Waals surface area contributed by atoms with Crippen molar-refractivity contribution in [3.05, 3.63) is 0 Å². The van der Waals surface area contributed by atoms with Gasteiger partial charge in [-0.2, -0.15) is 20.8 Å². The van der Waals surface area contributed by atoms with Crippen LogP contribution < -0.4 is 0 Å². The molecule has 2 N–H and O–H groups in total. The summed E-state index contributed by atoms with van der Waals surface area (Å²) in [7, 11) is 0. The minimum atomic E-state index is -0.839. The van der Waals surface area contributed by atoms with Crippen LogP contribution in [0, 0.1) is 28.1 Å². The van der Waals surface area contributed by atoms with Crippen molar-refractivity contribution in [2.45, 2.75) is 70.9 Å². The fourth-order valence-corrected chi connectivity index (χ4v) is 1.96. The SMILES string of the molecule is CC(C)(C#N)N=NC(C)(C)C#N.OCC1(CO)CCCCC1. The predicted octanol–water partition coefficient (Wildman–Crippen LogP) is 2.96. The Hall–Kier alpha value is -1.50. The molecule has 0 aliphatic heterocycles. The minimum Gasteiger partial charge on any atom is -0.396 e. The first kappa shape index (κ1) is 20.5. The first-order valence-corrected chi connectivity index (χ1v) is 7.64. The van der Waals surface area contributed by atoms with Gasteiger partial charge in [-0.25, -0.2) is 0 Å². The molecule has 0 bridgehead atoms. The summed E-state index contributed by atoms with van der Waals surface area (Å²) in [6, 6.07) is 3.94. The van der Waals surface area contributed by atoms with Gasteiger partial charge in [0.2, 0.25) is 0 Å². The molecule has 1 rings (SSSR count). The Labute approximate surface area is 133 Å². The number of azo groups is 1. The summed E-state index contributed by atoms with van der Waals surface area (Å²) in [4.78, 5) is 0. The van der Waals surface area contributed by atoms with Crippen LogP contribution in [0.2, 0.25) is 0 Å². The van der Waals surface area contributed by atoms with Gasteiger partial charge in [0.15, 0.2) is 11.1 Å². The molecule has 6 heteroatoms. The van der Waals surface area contributed by atoms with E-state index in [1.54, 1.807) is 27.7 Å². The molecule has 0 aromatic carbocycles. The predicted molar refractivity (Wildman–Crippen MR) is 83.9 cm³/mol. The van der Waals surface area contributed by atoms with Crippen molar-refractivity contribution in [3.63, 3.8) is 0 Å². The molecule has 0 aromatic heterocycles. The normalized spacial score (nSPS) is 18.0. The zero-order chi connectivity index (χ0) is 17.3. The van der Waals surface area contributed by atoms with Gasteiger partial charge < -0.3 is 10.2 Å². The fourth-order valence-electron chi connectivity index (χ4n) is 1.96. The summed E-state index contributed by atoms with van der Waals surface area (Å²) in [6.45, 7) is 6.88. The van der Waals surface area contributed by atoms with Gasteiger partial charge in [0, 0.05) is 5.41 Å². The molecule has 0 heterocycles. The van der Waals surface area contributed by atoms with Crippen molar-refractivity contribution in [3.8, 4) is 12.1 Å². The van der Waals surface area contributed by atoms with Gasteiger partial charge in [-0.05, 0) is 40.5 Å². The van der Waals surface area contributed by atoms with Crippen molar-refractivity contribution in [1.29, 1.82) is 10.5 Å². The van der Waals surface area contributed by atoms with Crippen LogP contribution >= 0.6 is 0 Å². The number of nitrogens with zero attached hydrogens (tertiary/aromatic N) is 4. The van der Waals surface area contributed by atoms with E-state index in [-0.39, 0.29) is 18.6 Å². The molecule has 1 saturated carbocycles. The number of hydrogen-bond donors (Lipinski definition) is 2. The van der Waals surface area contributed by atoms with E-state index in [4.69, 9.17) is 20.7 Å².